The largest absolute Gasteiger partial charge is 0.391 e. The smallest absolute Gasteiger partial charge is 0.126 e. The summed E-state index contributed by atoms with van der Waals surface area (Å²) in [7, 11) is 0. The molecule has 0 spiro atoms. The number of nitrogens with one attached hydrogen (secondary N) is 1. The van der Waals surface area contributed by atoms with Crippen molar-refractivity contribution in [2.75, 3.05) is 5.32 Å². The molecule has 0 radical (unpaired) electrons. The summed E-state index contributed by atoms with van der Waals surface area (Å²) in [6, 6.07) is 4.04. The van der Waals surface area contributed by atoms with Gasteiger partial charge in [-0.3, -0.25) is 0 Å². The van der Waals surface area contributed by atoms with Crippen LogP contribution in [-0.2, 0) is 5.41 Å². The standard InChI is InChI=1S/C14H24N2O/c1-10(17)14(5,6)16-12-8-7-11(9-15-12)13(2,3)4/h7-10,17H,1-6H3,(H,15,16). The summed E-state index contributed by atoms with van der Waals surface area (Å²) in [5.41, 5.74) is 0.944. The Morgan fingerprint density at radius 3 is 2.12 bits per heavy atom. The van der Waals surface area contributed by atoms with E-state index in [1.165, 1.54) is 5.56 Å². The maximum atomic E-state index is 9.64. The number of nitrogens with zero attached hydrogens (tertiary/aromatic N) is 1. The molecule has 0 aliphatic rings. The van der Waals surface area contributed by atoms with Crippen LogP contribution in [0.15, 0.2) is 18.3 Å². The molecule has 1 unspecified atom stereocenters. The number of hydrogen-bond donors (Lipinski definition) is 2. The van der Waals surface area contributed by atoms with Crippen molar-refractivity contribution in [3.63, 3.8) is 0 Å². The third-order valence-electron chi connectivity index (χ3n) is 3.12. The van der Waals surface area contributed by atoms with Crippen molar-refractivity contribution in [3.05, 3.63) is 23.9 Å². The van der Waals surface area contributed by atoms with Crippen LogP contribution in [0.2, 0.25) is 0 Å². The summed E-state index contributed by atoms with van der Waals surface area (Å²) in [6.07, 6.45) is 1.45. The van der Waals surface area contributed by atoms with E-state index in [1.54, 1.807) is 6.92 Å². The van der Waals surface area contributed by atoms with Gasteiger partial charge in [0.2, 0.25) is 0 Å². The number of rotatable bonds is 3. The fourth-order valence-electron chi connectivity index (χ4n) is 1.35. The molecule has 0 aromatic carbocycles. The van der Waals surface area contributed by atoms with Crippen LogP contribution in [0, 0.1) is 0 Å². The van der Waals surface area contributed by atoms with Crippen LogP contribution < -0.4 is 5.32 Å². The van der Waals surface area contributed by atoms with Crippen LogP contribution in [0.1, 0.15) is 47.1 Å². The van der Waals surface area contributed by atoms with E-state index in [1.807, 2.05) is 26.1 Å². The van der Waals surface area contributed by atoms with Crippen molar-refractivity contribution in [2.24, 2.45) is 0 Å². The Balaban J connectivity index is 2.83. The molecule has 3 heteroatoms. The molecular formula is C14H24N2O. The van der Waals surface area contributed by atoms with Gasteiger partial charge in [-0.1, -0.05) is 26.8 Å². The lowest BCUT2D eigenvalue weighted by molar-refractivity contribution is 0.133. The number of anilines is 1. The summed E-state index contributed by atoms with van der Waals surface area (Å²) in [5, 5.41) is 12.9. The second-order valence-electron chi connectivity index (χ2n) is 6.20. The zero-order valence-corrected chi connectivity index (χ0v) is 11.7. The fourth-order valence-corrected chi connectivity index (χ4v) is 1.35. The highest BCUT2D eigenvalue weighted by molar-refractivity contribution is 5.39. The Morgan fingerprint density at radius 1 is 1.18 bits per heavy atom. The third-order valence-corrected chi connectivity index (χ3v) is 3.12. The Hall–Kier alpha value is -1.09. The molecule has 0 fully saturated rings. The quantitative estimate of drug-likeness (QED) is 0.848. The molecule has 0 aliphatic carbocycles. The minimum absolute atomic E-state index is 0.116. The number of aliphatic hydroxyl groups is 1. The SMILES string of the molecule is CC(O)C(C)(C)Nc1ccc(C(C)(C)C)cn1. The van der Waals surface area contributed by atoms with Crippen molar-refractivity contribution in [3.8, 4) is 0 Å². The van der Waals surface area contributed by atoms with Gasteiger partial charge in [-0.05, 0) is 37.8 Å². The number of aliphatic hydroxyl groups excluding tert-OH is 1. The number of hydrogen-bond acceptors (Lipinski definition) is 3. The van der Waals surface area contributed by atoms with Crippen LogP contribution in [0.5, 0.6) is 0 Å². The van der Waals surface area contributed by atoms with E-state index < -0.39 is 6.10 Å². The Bertz CT molecular complexity index is 361. The fraction of sp³-hybridized carbons (Fsp3) is 0.643. The first-order valence-electron chi connectivity index (χ1n) is 6.06. The molecule has 0 amide bonds. The predicted molar refractivity (Wildman–Crippen MR) is 72.3 cm³/mol. The first kappa shape index (κ1) is 14.0. The summed E-state index contributed by atoms with van der Waals surface area (Å²) >= 11 is 0. The molecule has 0 aliphatic heterocycles. The monoisotopic (exact) mass is 236 g/mol. The normalized spacial score (nSPS) is 14.5. The Morgan fingerprint density at radius 2 is 1.76 bits per heavy atom. The van der Waals surface area contributed by atoms with Gasteiger partial charge in [-0.2, -0.15) is 0 Å². The molecule has 3 nitrogen and oxygen atoms in total. The van der Waals surface area contributed by atoms with Gasteiger partial charge in [0.1, 0.15) is 5.82 Å². The number of aromatic nitrogens is 1. The van der Waals surface area contributed by atoms with E-state index in [4.69, 9.17) is 0 Å². The molecule has 1 aromatic rings. The highest BCUT2D eigenvalue weighted by Crippen LogP contribution is 2.23. The lowest BCUT2D eigenvalue weighted by atomic mass is 9.88. The molecule has 96 valence electrons. The minimum Gasteiger partial charge on any atom is -0.391 e. The maximum absolute atomic E-state index is 9.64. The van der Waals surface area contributed by atoms with Crippen molar-refractivity contribution < 1.29 is 5.11 Å². The maximum Gasteiger partial charge on any atom is 0.126 e. The van der Waals surface area contributed by atoms with E-state index in [0.29, 0.717) is 0 Å². The number of pyridine rings is 1. The zero-order valence-electron chi connectivity index (χ0n) is 11.7. The first-order valence-corrected chi connectivity index (χ1v) is 6.06. The molecule has 0 saturated heterocycles. The molecule has 1 heterocycles. The zero-order chi connectivity index (χ0) is 13.3. The van der Waals surface area contributed by atoms with Gasteiger partial charge < -0.3 is 10.4 Å². The van der Waals surface area contributed by atoms with Gasteiger partial charge >= 0.3 is 0 Å². The van der Waals surface area contributed by atoms with E-state index in [-0.39, 0.29) is 11.0 Å². The van der Waals surface area contributed by atoms with Gasteiger partial charge in [-0.15, -0.1) is 0 Å². The highest BCUT2D eigenvalue weighted by Gasteiger charge is 2.24. The van der Waals surface area contributed by atoms with E-state index in [0.717, 1.165) is 5.82 Å². The van der Waals surface area contributed by atoms with Crippen molar-refractivity contribution in [1.82, 2.24) is 4.98 Å². The van der Waals surface area contributed by atoms with Crippen molar-refractivity contribution in [1.29, 1.82) is 0 Å². The lowest BCUT2D eigenvalue weighted by Crippen LogP contribution is -2.42. The molecule has 2 N–H and O–H groups in total. The highest BCUT2D eigenvalue weighted by atomic mass is 16.3. The van der Waals surface area contributed by atoms with Crippen molar-refractivity contribution >= 4 is 5.82 Å². The van der Waals surface area contributed by atoms with Gasteiger partial charge in [0.05, 0.1) is 11.6 Å². The minimum atomic E-state index is -0.438. The summed E-state index contributed by atoms with van der Waals surface area (Å²) < 4.78 is 0. The van der Waals surface area contributed by atoms with E-state index in [2.05, 4.69) is 37.1 Å². The molecule has 0 bridgehead atoms. The van der Waals surface area contributed by atoms with Gasteiger partial charge in [0.25, 0.3) is 0 Å². The molecule has 1 atom stereocenters. The summed E-state index contributed by atoms with van der Waals surface area (Å²) in [5.74, 6) is 0.795. The Kier molecular flexibility index (Phi) is 3.82. The molecule has 1 rings (SSSR count). The van der Waals surface area contributed by atoms with E-state index >= 15 is 0 Å². The molecule has 1 aromatic heterocycles. The van der Waals surface area contributed by atoms with Crippen LogP contribution in [-0.4, -0.2) is 21.7 Å². The molecule has 17 heavy (non-hydrogen) atoms. The van der Waals surface area contributed by atoms with E-state index in [9.17, 15) is 5.11 Å². The topological polar surface area (TPSA) is 45.1 Å². The van der Waals surface area contributed by atoms with Gasteiger partial charge in [-0.25, -0.2) is 4.98 Å². The van der Waals surface area contributed by atoms with Crippen LogP contribution >= 0.6 is 0 Å². The Labute approximate surface area is 104 Å². The van der Waals surface area contributed by atoms with Crippen molar-refractivity contribution in [2.45, 2.75) is 58.6 Å². The van der Waals surface area contributed by atoms with Crippen LogP contribution in [0.3, 0.4) is 0 Å². The first-order chi connectivity index (χ1) is 7.63. The second kappa shape index (κ2) is 4.65. The third kappa shape index (κ3) is 3.70. The van der Waals surface area contributed by atoms with Gasteiger partial charge in [0.15, 0.2) is 0 Å². The lowest BCUT2D eigenvalue weighted by Gasteiger charge is -2.30. The van der Waals surface area contributed by atoms with Crippen LogP contribution in [0.25, 0.3) is 0 Å². The summed E-state index contributed by atoms with van der Waals surface area (Å²) in [4.78, 5) is 4.39. The van der Waals surface area contributed by atoms with Gasteiger partial charge in [0, 0.05) is 6.20 Å². The molecule has 0 saturated carbocycles. The average Bonchev–Trinajstić information content (AvgIpc) is 2.16. The average molecular weight is 236 g/mol. The van der Waals surface area contributed by atoms with Crippen LogP contribution in [0.4, 0.5) is 5.82 Å². The molecular weight excluding hydrogens is 212 g/mol. The second-order valence-corrected chi connectivity index (χ2v) is 6.20. The summed E-state index contributed by atoms with van der Waals surface area (Å²) in [6.45, 7) is 12.2. The predicted octanol–water partition coefficient (Wildman–Crippen LogP) is 2.95.